The molecule has 1 aliphatic rings. The molecule has 3 nitrogen and oxygen atoms in total. The molecule has 1 aliphatic heterocycles. The number of hydrogen-bond acceptors (Lipinski definition) is 2. The number of nitrogens with one attached hydrogen (secondary N) is 2. The van der Waals surface area contributed by atoms with Gasteiger partial charge in [-0.15, -0.1) is 12.4 Å². The molecule has 2 N–H and O–H groups in total. The molecule has 6 heteroatoms. The molecule has 1 heterocycles. The molecule has 0 bridgehead atoms. The van der Waals surface area contributed by atoms with Crippen LogP contribution in [0.25, 0.3) is 0 Å². The summed E-state index contributed by atoms with van der Waals surface area (Å²) >= 11 is 3.06. The Morgan fingerprint density at radius 3 is 2.67 bits per heavy atom. The quantitative estimate of drug-likeness (QED) is 0.870. The Bertz CT molecular complexity index is 425. The van der Waals surface area contributed by atoms with E-state index in [4.69, 9.17) is 0 Å². The SMILES string of the molecule is Cl.O=C(NC1CCNCC1)c1ccc(Br)c(F)c1. The van der Waals surface area contributed by atoms with E-state index in [1.165, 1.54) is 6.07 Å². The van der Waals surface area contributed by atoms with Gasteiger partial charge in [0.2, 0.25) is 0 Å². The minimum absolute atomic E-state index is 0. The fraction of sp³-hybridized carbons (Fsp3) is 0.417. The maximum Gasteiger partial charge on any atom is 0.251 e. The van der Waals surface area contributed by atoms with Crippen LogP contribution in [0.2, 0.25) is 0 Å². The fourth-order valence-electron chi connectivity index (χ4n) is 1.87. The van der Waals surface area contributed by atoms with Gasteiger partial charge in [-0.25, -0.2) is 4.39 Å². The molecule has 1 aromatic rings. The van der Waals surface area contributed by atoms with Crippen molar-refractivity contribution in [3.63, 3.8) is 0 Å². The lowest BCUT2D eigenvalue weighted by Crippen LogP contribution is -2.42. The zero-order chi connectivity index (χ0) is 12.3. The van der Waals surface area contributed by atoms with Gasteiger partial charge in [-0.1, -0.05) is 0 Å². The maximum atomic E-state index is 13.3. The average molecular weight is 338 g/mol. The molecule has 1 amide bonds. The van der Waals surface area contributed by atoms with Gasteiger partial charge < -0.3 is 10.6 Å². The van der Waals surface area contributed by atoms with Gasteiger partial charge in [-0.2, -0.15) is 0 Å². The second-order valence-corrected chi connectivity index (χ2v) is 4.98. The second-order valence-electron chi connectivity index (χ2n) is 4.13. The topological polar surface area (TPSA) is 41.1 Å². The van der Waals surface area contributed by atoms with Gasteiger partial charge in [0.1, 0.15) is 5.82 Å². The van der Waals surface area contributed by atoms with Crippen molar-refractivity contribution in [3.8, 4) is 0 Å². The molecule has 2 rings (SSSR count). The normalized spacial score (nSPS) is 15.9. The summed E-state index contributed by atoms with van der Waals surface area (Å²) in [7, 11) is 0. The van der Waals surface area contributed by atoms with Crippen LogP contribution in [0.15, 0.2) is 22.7 Å². The van der Waals surface area contributed by atoms with Crippen LogP contribution >= 0.6 is 28.3 Å². The van der Waals surface area contributed by atoms with E-state index in [0.29, 0.717) is 10.0 Å². The summed E-state index contributed by atoms with van der Waals surface area (Å²) < 4.78 is 13.7. The van der Waals surface area contributed by atoms with E-state index >= 15 is 0 Å². The van der Waals surface area contributed by atoms with Gasteiger partial charge in [-0.3, -0.25) is 4.79 Å². The van der Waals surface area contributed by atoms with Crippen molar-refractivity contribution in [2.75, 3.05) is 13.1 Å². The number of halogens is 3. The first-order chi connectivity index (χ1) is 8.16. The van der Waals surface area contributed by atoms with Crippen LogP contribution in [-0.4, -0.2) is 25.0 Å². The van der Waals surface area contributed by atoms with Crippen LogP contribution in [-0.2, 0) is 0 Å². The summed E-state index contributed by atoms with van der Waals surface area (Å²) in [5.74, 6) is -0.619. The van der Waals surface area contributed by atoms with Gasteiger partial charge in [0.15, 0.2) is 0 Å². The lowest BCUT2D eigenvalue weighted by Gasteiger charge is -2.23. The smallest absolute Gasteiger partial charge is 0.251 e. The lowest BCUT2D eigenvalue weighted by molar-refractivity contribution is 0.0929. The molecule has 0 saturated carbocycles. The highest BCUT2D eigenvalue weighted by molar-refractivity contribution is 9.10. The minimum atomic E-state index is -0.414. The second kappa shape index (κ2) is 7.07. The number of amides is 1. The molecule has 0 spiro atoms. The third-order valence-electron chi connectivity index (χ3n) is 2.86. The van der Waals surface area contributed by atoms with Crippen LogP contribution in [0.5, 0.6) is 0 Å². The zero-order valence-corrected chi connectivity index (χ0v) is 12.1. The summed E-state index contributed by atoms with van der Waals surface area (Å²) in [6.45, 7) is 1.83. The van der Waals surface area contributed by atoms with E-state index < -0.39 is 5.82 Å². The fourth-order valence-corrected chi connectivity index (χ4v) is 2.12. The number of benzene rings is 1. The van der Waals surface area contributed by atoms with E-state index in [-0.39, 0.29) is 24.4 Å². The highest BCUT2D eigenvalue weighted by atomic mass is 79.9. The maximum absolute atomic E-state index is 13.3. The average Bonchev–Trinajstić information content (AvgIpc) is 2.34. The number of hydrogen-bond donors (Lipinski definition) is 2. The summed E-state index contributed by atoms with van der Waals surface area (Å²) in [6, 6.07) is 4.60. The van der Waals surface area contributed by atoms with Gasteiger partial charge >= 0.3 is 0 Å². The summed E-state index contributed by atoms with van der Waals surface area (Å²) in [4.78, 5) is 11.9. The Labute approximate surface area is 120 Å². The van der Waals surface area contributed by atoms with Crippen LogP contribution in [0.3, 0.4) is 0 Å². The first-order valence-corrected chi connectivity index (χ1v) is 6.43. The zero-order valence-electron chi connectivity index (χ0n) is 9.71. The third-order valence-corrected chi connectivity index (χ3v) is 3.50. The molecular formula is C12H15BrClFN2O. The van der Waals surface area contributed by atoms with Gasteiger partial charge in [0, 0.05) is 11.6 Å². The predicted octanol–water partition coefficient (Wildman–Crippen LogP) is 2.49. The van der Waals surface area contributed by atoms with Gasteiger partial charge in [0.05, 0.1) is 4.47 Å². The number of carbonyl (C=O) groups is 1. The summed E-state index contributed by atoms with van der Waals surface area (Å²) in [6.07, 6.45) is 1.84. The Hall–Kier alpha value is -0.650. The molecule has 1 aromatic carbocycles. The van der Waals surface area contributed by atoms with E-state index in [1.54, 1.807) is 12.1 Å². The standard InChI is InChI=1S/C12H14BrFN2O.ClH/c13-10-2-1-8(7-11(10)14)12(17)16-9-3-5-15-6-4-9;/h1-2,7,9,15H,3-6H2,(H,16,17);1H. The molecule has 0 radical (unpaired) electrons. The largest absolute Gasteiger partial charge is 0.349 e. The van der Waals surface area contributed by atoms with Crippen molar-refractivity contribution in [1.82, 2.24) is 10.6 Å². The first-order valence-electron chi connectivity index (χ1n) is 5.63. The molecule has 18 heavy (non-hydrogen) atoms. The van der Waals surface area contributed by atoms with Crippen molar-refractivity contribution in [3.05, 3.63) is 34.1 Å². The predicted molar refractivity (Wildman–Crippen MR) is 74.7 cm³/mol. The number of carbonyl (C=O) groups excluding carboxylic acids is 1. The molecule has 0 aromatic heterocycles. The third kappa shape index (κ3) is 3.93. The van der Waals surface area contributed by atoms with Crippen LogP contribution < -0.4 is 10.6 Å². The number of piperidine rings is 1. The van der Waals surface area contributed by atoms with Crippen molar-refractivity contribution in [2.45, 2.75) is 18.9 Å². The molecule has 0 atom stereocenters. The highest BCUT2D eigenvalue weighted by Gasteiger charge is 2.16. The van der Waals surface area contributed by atoms with E-state index in [9.17, 15) is 9.18 Å². The molecule has 1 saturated heterocycles. The molecule has 0 aliphatic carbocycles. The van der Waals surface area contributed by atoms with Crippen molar-refractivity contribution >= 4 is 34.2 Å². The van der Waals surface area contributed by atoms with Crippen LogP contribution in [0.4, 0.5) is 4.39 Å². The molecular weight excluding hydrogens is 323 g/mol. The molecule has 0 unspecified atom stereocenters. The molecule has 100 valence electrons. The first kappa shape index (κ1) is 15.4. The van der Waals surface area contributed by atoms with Crippen molar-refractivity contribution in [2.24, 2.45) is 0 Å². The summed E-state index contributed by atoms with van der Waals surface area (Å²) in [5.41, 5.74) is 0.365. The molecule has 1 fully saturated rings. The Balaban J connectivity index is 0.00000162. The van der Waals surface area contributed by atoms with E-state index in [2.05, 4.69) is 26.6 Å². The Kier molecular flexibility index (Phi) is 6.05. The highest BCUT2D eigenvalue weighted by Crippen LogP contribution is 2.16. The minimum Gasteiger partial charge on any atom is -0.349 e. The van der Waals surface area contributed by atoms with Crippen molar-refractivity contribution in [1.29, 1.82) is 0 Å². The Morgan fingerprint density at radius 1 is 1.39 bits per heavy atom. The Morgan fingerprint density at radius 2 is 2.06 bits per heavy atom. The van der Waals surface area contributed by atoms with E-state index in [1.807, 2.05) is 0 Å². The van der Waals surface area contributed by atoms with Gasteiger partial charge in [-0.05, 0) is 60.1 Å². The lowest BCUT2D eigenvalue weighted by atomic mass is 10.1. The number of rotatable bonds is 2. The van der Waals surface area contributed by atoms with Crippen molar-refractivity contribution < 1.29 is 9.18 Å². The van der Waals surface area contributed by atoms with E-state index in [0.717, 1.165) is 25.9 Å². The van der Waals surface area contributed by atoms with Crippen LogP contribution in [0.1, 0.15) is 23.2 Å². The van der Waals surface area contributed by atoms with Crippen LogP contribution in [0, 0.1) is 5.82 Å². The summed E-state index contributed by atoms with van der Waals surface area (Å²) in [5, 5.41) is 6.15. The van der Waals surface area contributed by atoms with Gasteiger partial charge in [0.25, 0.3) is 5.91 Å². The monoisotopic (exact) mass is 336 g/mol.